The summed E-state index contributed by atoms with van der Waals surface area (Å²) in [6.07, 6.45) is 3.91. The van der Waals surface area contributed by atoms with Crippen LogP contribution in [0.15, 0.2) is 11.6 Å². The molecular weight excluding hydrogens is 206 g/mol. The predicted octanol–water partition coefficient (Wildman–Crippen LogP) is 1.67. The number of allylic oxidation sites excluding steroid dienone is 1. The Bertz CT molecular complexity index is 301. The summed E-state index contributed by atoms with van der Waals surface area (Å²) in [7, 11) is 0. The minimum atomic E-state index is -0.856. The van der Waals surface area contributed by atoms with E-state index in [4.69, 9.17) is 5.11 Å². The fourth-order valence-corrected chi connectivity index (χ4v) is 1.47. The van der Waals surface area contributed by atoms with Gasteiger partial charge < -0.3 is 10.0 Å². The maximum atomic E-state index is 11.8. The van der Waals surface area contributed by atoms with E-state index in [0.29, 0.717) is 19.0 Å². The summed E-state index contributed by atoms with van der Waals surface area (Å²) in [6, 6.07) is 0. The molecule has 4 heteroatoms. The summed E-state index contributed by atoms with van der Waals surface area (Å²) in [4.78, 5) is 23.9. The van der Waals surface area contributed by atoms with Gasteiger partial charge in [0.25, 0.3) is 0 Å². The Kier molecular flexibility index (Phi) is 4.52. The molecule has 1 amide bonds. The monoisotopic (exact) mass is 225 g/mol. The van der Waals surface area contributed by atoms with Gasteiger partial charge >= 0.3 is 5.97 Å². The van der Waals surface area contributed by atoms with Crippen LogP contribution in [0, 0.1) is 5.92 Å². The molecule has 0 atom stereocenters. The molecule has 0 radical (unpaired) electrons. The first-order valence-corrected chi connectivity index (χ1v) is 5.64. The number of aliphatic carboxylic acids is 1. The van der Waals surface area contributed by atoms with Gasteiger partial charge in [-0.2, -0.15) is 0 Å². The molecule has 90 valence electrons. The first-order valence-electron chi connectivity index (χ1n) is 5.64. The second kappa shape index (κ2) is 5.68. The Labute approximate surface area is 95.9 Å². The highest BCUT2D eigenvalue weighted by Gasteiger charge is 2.26. The molecule has 0 saturated heterocycles. The van der Waals surface area contributed by atoms with Crippen molar-refractivity contribution in [2.45, 2.75) is 33.1 Å². The van der Waals surface area contributed by atoms with Crippen LogP contribution in [0.2, 0.25) is 0 Å². The Morgan fingerprint density at radius 3 is 2.44 bits per heavy atom. The summed E-state index contributed by atoms with van der Waals surface area (Å²) in [5.74, 6) is -0.331. The average Bonchev–Trinajstić information content (AvgIpc) is 2.94. The van der Waals surface area contributed by atoms with Crippen LogP contribution in [0.1, 0.15) is 33.1 Å². The molecule has 0 aliphatic heterocycles. The number of rotatable bonds is 6. The molecule has 0 aromatic rings. The topological polar surface area (TPSA) is 57.6 Å². The van der Waals surface area contributed by atoms with Crippen LogP contribution in [0.5, 0.6) is 0 Å². The minimum Gasteiger partial charge on any atom is -0.481 e. The second-order valence-corrected chi connectivity index (χ2v) is 4.59. The highest BCUT2D eigenvalue weighted by molar-refractivity contribution is 5.88. The smallest absolute Gasteiger partial charge is 0.305 e. The SMILES string of the molecule is CC(C)=CC(=O)N(CCC(=O)O)CC1CC1. The number of carbonyl (C=O) groups excluding carboxylic acids is 1. The van der Waals surface area contributed by atoms with Gasteiger partial charge in [-0.3, -0.25) is 9.59 Å². The Morgan fingerprint density at radius 1 is 1.38 bits per heavy atom. The zero-order valence-corrected chi connectivity index (χ0v) is 9.90. The molecular formula is C12H19NO3. The summed E-state index contributed by atoms with van der Waals surface area (Å²) in [6.45, 7) is 4.75. The number of carbonyl (C=O) groups is 2. The third-order valence-corrected chi connectivity index (χ3v) is 2.49. The van der Waals surface area contributed by atoms with Crippen LogP contribution >= 0.6 is 0 Å². The molecule has 1 aliphatic carbocycles. The summed E-state index contributed by atoms with van der Waals surface area (Å²) in [5.41, 5.74) is 0.945. The van der Waals surface area contributed by atoms with Gasteiger partial charge in [0.05, 0.1) is 6.42 Å². The standard InChI is InChI=1S/C12H19NO3/c1-9(2)7-11(14)13(6-5-12(15)16)8-10-3-4-10/h7,10H,3-6,8H2,1-2H3,(H,15,16). The fraction of sp³-hybridized carbons (Fsp3) is 0.667. The van der Waals surface area contributed by atoms with E-state index >= 15 is 0 Å². The van der Waals surface area contributed by atoms with Crippen LogP contribution in [-0.4, -0.2) is 35.0 Å². The Morgan fingerprint density at radius 2 is 2.00 bits per heavy atom. The molecule has 1 saturated carbocycles. The van der Waals surface area contributed by atoms with E-state index in [1.807, 2.05) is 13.8 Å². The lowest BCUT2D eigenvalue weighted by atomic mass is 10.2. The van der Waals surface area contributed by atoms with Gasteiger partial charge in [0.2, 0.25) is 5.91 Å². The van der Waals surface area contributed by atoms with Crippen molar-refractivity contribution in [3.05, 3.63) is 11.6 Å². The van der Waals surface area contributed by atoms with Crippen molar-refractivity contribution in [2.75, 3.05) is 13.1 Å². The third-order valence-electron chi connectivity index (χ3n) is 2.49. The molecule has 0 aromatic carbocycles. The van der Waals surface area contributed by atoms with Crippen molar-refractivity contribution in [1.29, 1.82) is 0 Å². The van der Waals surface area contributed by atoms with E-state index in [1.165, 1.54) is 0 Å². The largest absolute Gasteiger partial charge is 0.481 e. The molecule has 0 aromatic heterocycles. The molecule has 16 heavy (non-hydrogen) atoms. The van der Waals surface area contributed by atoms with Gasteiger partial charge in [-0.1, -0.05) is 5.57 Å². The number of amides is 1. The molecule has 4 nitrogen and oxygen atoms in total. The van der Waals surface area contributed by atoms with E-state index in [9.17, 15) is 9.59 Å². The first kappa shape index (κ1) is 12.7. The molecule has 1 aliphatic rings. The number of nitrogens with zero attached hydrogens (tertiary/aromatic N) is 1. The lowest BCUT2D eigenvalue weighted by molar-refractivity contribution is -0.138. The third kappa shape index (κ3) is 4.96. The number of hydrogen-bond acceptors (Lipinski definition) is 2. The fourth-order valence-electron chi connectivity index (χ4n) is 1.47. The maximum Gasteiger partial charge on any atom is 0.305 e. The van der Waals surface area contributed by atoms with Gasteiger partial charge in [-0.05, 0) is 32.6 Å². The Balaban J connectivity index is 2.50. The summed E-state index contributed by atoms with van der Waals surface area (Å²) < 4.78 is 0. The van der Waals surface area contributed by atoms with E-state index in [1.54, 1.807) is 11.0 Å². The summed E-state index contributed by atoms with van der Waals surface area (Å²) >= 11 is 0. The molecule has 1 rings (SSSR count). The van der Waals surface area contributed by atoms with E-state index in [-0.39, 0.29) is 12.3 Å². The van der Waals surface area contributed by atoms with Gasteiger partial charge in [0, 0.05) is 19.2 Å². The highest BCUT2D eigenvalue weighted by Crippen LogP contribution is 2.29. The van der Waals surface area contributed by atoms with E-state index < -0.39 is 5.97 Å². The van der Waals surface area contributed by atoms with Gasteiger partial charge in [-0.25, -0.2) is 0 Å². The van der Waals surface area contributed by atoms with Crippen molar-refractivity contribution in [1.82, 2.24) is 4.90 Å². The number of hydrogen-bond donors (Lipinski definition) is 1. The van der Waals surface area contributed by atoms with Crippen molar-refractivity contribution >= 4 is 11.9 Å². The lowest BCUT2D eigenvalue weighted by Crippen LogP contribution is -2.33. The zero-order chi connectivity index (χ0) is 12.1. The normalized spacial score (nSPS) is 14.4. The molecule has 0 bridgehead atoms. The second-order valence-electron chi connectivity index (χ2n) is 4.59. The van der Waals surface area contributed by atoms with Crippen LogP contribution < -0.4 is 0 Å². The van der Waals surface area contributed by atoms with E-state index in [0.717, 1.165) is 18.4 Å². The van der Waals surface area contributed by atoms with Crippen LogP contribution in [0.3, 0.4) is 0 Å². The zero-order valence-electron chi connectivity index (χ0n) is 9.90. The van der Waals surface area contributed by atoms with Crippen LogP contribution in [0.25, 0.3) is 0 Å². The average molecular weight is 225 g/mol. The summed E-state index contributed by atoms with van der Waals surface area (Å²) in [5, 5.41) is 8.62. The number of carboxylic acid groups (broad SMARTS) is 1. The first-order chi connectivity index (χ1) is 7.49. The predicted molar refractivity (Wildman–Crippen MR) is 61.0 cm³/mol. The van der Waals surface area contributed by atoms with Gasteiger partial charge in [-0.15, -0.1) is 0 Å². The van der Waals surface area contributed by atoms with Crippen molar-refractivity contribution < 1.29 is 14.7 Å². The van der Waals surface area contributed by atoms with Gasteiger partial charge in [0.15, 0.2) is 0 Å². The Hall–Kier alpha value is -1.32. The lowest BCUT2D eigenvalue weighted by Gasteiger charge is -2.20. The van der Waals surface area contributed by atoms with Crippen LogP contribution in [-0.2, 0) is 9.59 Å². The molecule has 0 heterocycles. The number of carboxylic acids is 1. The van der Waals surface area contributed by atoms with Crippen molar-refractivity contribution in [2.24, 2.45) is 5.92 Å². The van der Waals surface area contributed by atoms with E-state index in [2.05, 4.69) is 0 Å². The van der Waals surface area contributed by atoms with Crippen LogP contribution in [0.4, 0.5) is 0 Å². The van der Waals surface area contributed by atoms with Gasteiger partial charge in [0.1, 0.15) is 0 Å². The molecule has 0 unspecified atom stereocenters. The molecule has 1 N–H and O–H groups in total. The highest BCUT2D eigenvalue weighted by atomic mass is 16.4. The molecule has 0 spiro atoms. The van der Waals surface area contributed by atoms with Crippen molar-refractivity contribution in [3.8, 4) is 0 Å². The molecule has 1 fully saturated rings. The quantitative estimate of drug-likeness (QED) is 0.699. The van der Waals surface area contributed by atoms with Crippen molar-refractivity contribution in [3.63, 3.8) is 0 Å². The minimum absolute atomic E-state index is 0.0229. The maximum absolute atomic E-state index is 11.8.